The molecule has 0 aliphatic carbocycles. The molecule has 174 valence electrons. The van der Waals surface area contributed by atoms with Gasteiger partial charge in [0.25, 0.3) is 0 Å². The Labute approximate surface area is 213 Å². The first-order valence-electron chi connectivity index (χ1n) is 10.8. The van der Waals surface area contributed by atoms with Gasteiger partial charge in [-0.25, -0.2) is 0 Å². The van der Waals surface area contributed by atoms with Crippen molar-refractivity contribution in [1.82, 2.24) is 4.98 Å². The molecule has 0 bridgehead atoms. The van der Waals surface area contributed by atoms with Gasteiger partial charge in [0.15, 0.2) is 17.2 Å². The van der Waals surface area contributed by atoms with E-state index in [4.69, 9.17) is 19.3 Å². The summed E-state index contributed by atoms with van der Waals surface area (Å²) in [5.41, 5.74) is 5.23. The molecule has 5 rings (SSSR count). The number of H-pyrrole nitrogens is 1. The van der Waals surface area contributed by atoms with Crippen LogP contribution in [0.3, 0.4) is 0 Å². The van der Waals surface area contributed by atoms with Crippen LogP contribution >= 0.6 is 31.9 Å². The smallest absolute Gasteiger partial charge is 0.303 e. The van der Waals surface area contributed by atoms with Crippen molar-refractivity contribution < 1.29 is 24.1 Å². The molecule has 8 heteroatoms. The van der Waals surface area contributed by atoms with E-state index in [1.165, 1.54) is 5.56 Å². The second kappa shape index (κ2) is 9.35. The van der Waals surface area contributed by atoms with Gasteiger partial charge >= 0.3 is 5.97 Å². The van der Waals surface area contributed by atoms with Gasteiger partial charge in [-0.3, -0.25) is 4.79 Å². The minimum Gasteiger partial charge on any atom is -0.481 e. The Morgan fingerprint density at radius 2 is 1.82 bits per heavy atom. The predicted molar refractivity (Wildman–Crippen MR) is 137 cm³/mol. The lowest BCUT2D eigenvalue weighted by Crippen LogP contribution is -1.98. The number of halogens is 2. The zero-order valence-corrected chi connectivity index (χ0v) is 21.5. The molecule has 3 aromatic carbocycles. The summed E-state index contributed by atoms with van der Waals surface area (Å²) in [4.78, 5) is 14.4. The highest BCUT2D eigenvalue weighted by Gasteiger charge is 2.18. The first kappa shape index (κ1) is 22.8. The zero-order valence-electron chi connectivity index (χ0n) is 18.3. The number of carboxylic acids is 1. The highest BCUT2D eigenvalue weighted by atomic mass is 79.9. The number of fused-ring (bicyclic) bond motifs is 2. The molecule has 1 aromatic heterocycles. The molecule has 0 saturated heterocycles. The van der Waals surface area contributed by atoms with Crippen molar-refractivity contribution in [3.8, 4) is 34.3 Å². The van der Waals surface area contributed by atoms with Crippen molar-refractivity contribution in [2.24, 2.45) is 0 Å². The van der Waals surface area contributed by atoms with Crippen molar-refractivity contribution in [2.75, 3.05) is 6.79 Å². The lowest BCUT2D eigenvalue weighted by Gasteiger charge is -2.12. The van der Waals surface area contributed by atoms with Crippen molar-refractivity contribution in [2.45, 2.75) is 26.2 Å². The van der Waals surface area contributed by atoms with Gasteiger partial charge in [-0.05, 0) is 104 Å². The number of hydrogen-bond donors (Lipinski definition) is 2. The van der Waals surface area contributed by atoms with E-state index in [9.17, 15) is 4.79 Å². The topological polar surface area (TPSA) is 80.8 Å². The van der Waals surface area contributed by atoms with Gasteiger partial charge in [-0.1, -0.05) is 6.92 Å². The number of aromatic amines is 1. The fourth-order valence-corrected chi connectivity index (χ4v) is 5.62. The quantitative estimate of drug-likeness (QED) is 0.235. The molecule has 34 heavy (non-hydrogen) atoms. The van der Waals surface area contributed by atoms with Gasteiger partial charge < -0.3 is 24.3 Å². The lowest BCUT2D eigenvalue weighted by molar-refractivity contribution is -0.136. The van der Waals surface area contributed by atoms with Crippen LogP contribution in [0, 0.1) is 0 Å². The molecule has 0 fully saturated rings. The van der Waals surface area contributed by atoms with Gasteiger partial charge in [0.05, 0.1) is 8.95 Å². The molecule has 0 radical (unpaired) electrons. The van der Waals surface area contributed by atoms with E-state index >= 15 is 0 Å². The average molecular weight is 587 g/mol. The molecule has 6 nitrogen and oxygen atoms in total. The minimum absolute atomic E-state index is 0.0781. The maximum absolute atomic E-state index is 10.9. The maximum Gasteiger partial charge on any atom is 0.303 e. The largest absolute Gasteiger partial charge is 0.481 e. The number of carboxylic acid groups (broad SMARTS) is 1. The summed E-state index contributed by atoms with van der Waals surface area (Å²) in [6, 6.07) is 15.8. The standard InChI is InChI=1S/C26H21Br2NO5/c1-2-17-18-12-16(34-26-19(27)9-14(10-20(26)28)3-8-24(30)31)5-6-21(18)29-25(17)15-4-7-22-23(11-15)33-13-32-22/h4-7,9-12,29H,2-3,8,13H2,1H3,(H,30,31). The van der Waals surface area contributed by atoms with Crippen molar-refractivity contribution in [3.05, 3.63) is 68.6 Å². The Bertz CT molecular complexity index is 1390. The van der Waals surface area contributed by atoms with Crippen LogP contribution in [-0.4, -0.2) is 22.9 Å². The predicted octanol–water partition coefficient (Wildman–Crippen LogP) is 7.46. The summed E-state index contributed by atoms with van der Waals surface area (Å²) < 4.78 is 18.8. The van der Waals surface area contributed by atoms with Crippen LogP contribution in [-0.2, 0) is 17.6 Å². The number of nitrogens with one attached hydrogen (secondary N) is 1. The second-order valence-electron chi connectivity index (χ2n) is 7.99. The molecule has 0 unspecified atom stereocenters. The van der Waals surface area contributed by atoms with Crippen LogP contribution in [0.25, 0.3) is 22.2 Å². The number of carbonyl (C=O) groups is 1. The van der Waals surface area contributed by atoms with E-state index in [1.807, 2.05) is 48.5 Å². The third-order valence-corrected chi connectivity index (χ3v) is 6.98. The van der Waals surface area contributed by atoms with Gasteiger partial charge in [-0.15, -0.1) is 0 Å². The fraction of sp³-hybridized carbons (Fsp3) is 0.192. The summed E-state index contributed by atoms with van der Waals surface area (Å²) in [6.07, 6.45) is 1.37. The van der Waals surface area contributed by atoms with Crippen LogP contribution in [0.1, 0.15) is 24.5 Å². The zero-order chi connectivity index (χ0) is 23.8. The van der Waals surface area contributed by atoms with Crippen LogP contribution < -0.4 is 14.2 Å². The van der Waals surface area contributed by atoms with E-state index in [-0.39, 0.29) is 13.2 Å². The first-order chi connectivity index (χ1) is 16.4. The number of benzene rings is 3. The number of aliphatic carboxylic acids is 1. The summed E-state index contributed by atoms with van der Waals surface area (Å²) in [7, 11) is 0. The number of aromatic nitrogens is 1. The van der Waals surface area contributed by atoms with E-state index < -0.39 is 5.97 Å². The first-order valence-corrected chi connectivity index (χ1v) is 12.4. The van der Waals surface area contributed by atoms with Gasteiger partial charge in [0.2, 0.25) is 6.79 Å². The normalized spacial score (nSPS) is 12.3. The SMILES string of the molecule is CCc1c(-c2ccc3c(c2)OCO3)[nH]c2ccc(Oc3c(Br)cc(CCC(=O)O)cc3Br)cc12. The molecule has 4 aromatic rings. The van der Waals surface area contributed by atoms with Crippen LogP contribution in [0.4, 0.5) is 0 Å². The molecule has 1 aliphatic heterocycles. The number of hydrogen-bond acceptors (Lipinski definition) is 4. The van der Waals surface area contributed by atoms with Gasteiger partial charge in [0, 0.05) is 28.6 Å². The minimum atomic E-state index is -0.820. The number of ether oxygens (including phenoxy) is 3. The van der Waals surface area contributed by atoms with Crippen LogP contribution in [0.5, 0.6) is 23.0 Å². The fourth-order valence-electron chi connectivity index (χ4n) is 4.18. The second-order valence-corrected chi connectivity index (χ2v) is 9.70. The Hall–Kier alpha value is -2.97. The molecular formula is C26H21Br2NO5. The van der Waals surface area contributed by atoms with Crippen molar-refractivity contribution in [1.29, 1.82) is 0 Å². The highest BCUT2D eigenvalue weighted by molar-refractivity contribution is 9.11. The maximum atomic E-state index is 10.9. The van der Waals surface area contributed by atoms with Crippen LogP contribution in [0.15, 0.2) is 57.5 Å². The Balaban J connectivity index is 1.47. The Kier molecular flexibility index (Phi) is 6.27. The number of rotatable bonds is 7. The number of aryl methyl sites for hydroxylation is 2. The van der Waals surface area contributed by atoms with Gasteiger partial charge in [-0.2, -0.15) is 0 Å². The Morgan fingerprint density at radius 1 is 1.06 bits per heavy atom. The van der Waals surface area contributed by atoms with Crippen LogP contribution in [0.2, 0.25) is 0 Å². The molecule has 1 aliphatic rings. The summed E-state index contributed by atoms with van der Waals surface area (Å²) in [5.74, 6) is 2.04. The lowest BCUT2D eigenvalue weighted by atomic mass is 10.0. The summed E-state index contributed by atoms with van der Waals surface area (Å²) >= 11 is 7.14. The highest BCUT2D eigenvalue weighted by Crippen LogP contribution is 2.41. The van der Waals surface area contributed by atoms with E-state index in [0.29, 0.717) is 17.9 Å². The summed E-state index contributed by atoms with van der Waals surface area (Å²) in [6.45, 7) is 2.38. The average Bonchev–Trinajstić information content (AvgIpc) is 3.43. The van der Waals surface area contributed by atoms with E-state index in [0.717, 1.165) is 54.6 Å². The van der Waals surface area contributed by atoms with Crippen molar-refractivity contribution in [3.63, 3.8) is 0 Å². The molecule has 0 saturated carbocycles. The van der Waals surface area contributed by atoms with E-state index in [2.05, 4.69) is 43.8 Å². The Morgan fingerprint density at radius 3 is 2.56 bits per heavy atom. The van der Waals surface area contributed by atoms with Crippen molar-refractivity contribution >= 4 is 48.7 Å². The van der Waals surface area contributed by atoms with Gasteiger partial charge in [0.1, 0.15) is 5.75 Å². The monoisotopic (exact) mass is 585 g/mol. The third-order valence-electron chi connectivity index (χ3n) is 5.80. The molecule has 0 atom stereocenters. The third kappa shape index (κ3) is 4.40. The molecule has 2 N–H and O–H groups in total. The molecule has 2 heterocycles. The molecule has 0 spiro atoms. The summed E-state index contributed by atoms with van der Waals surface area (Å²) in [5, 5.41) is 10.0. The molecular weight excluding hydrogens is 566 g/mol. The molecule has 0 amide bonds. The van der Waals surface area contributed by atoms with E-state index in [1.54, 1.807) is 0 Å².